The largest absolute Gasteiger partial charge is 0.337 e. The van der Waals surface area contributed by atoms with Crippen LogP contribution in [0.1, 0.15) is 38.3 Å². The van der Waals surface area contributed by atoms with E-state index in [0.29, 0.717) is 23.1 Å². The van der Waals surface area contributed by atoms with Crippen LogP contribution < -0.4 is 15.8 Å². The molecule has 0 bridgehead atoms. The van der Waals surface area contributed by atoms with Gasteiger partial charge >= 0.3 is 11.1 Å². The number of hydrogen-bond donors (Lipinski definition) is 2. The lowest BCUT2D eigenvalue weighted by Gasteiger charge is -2.18. The SMILES string of the molecule is CCn1c(=O)c(=O)[nH]c2cc(-c3noc([C@H](NS(=O)(=O)c4ccc(C)cc4)C(C)C)n3)ccc21. The molecule has 2 aromatic heterocycles. The second kappa shape index (κ2) is 8.99. The number of aromatic nitrogens is 4. The number of sulfonamides is 1. The van der Waals surface area contributed by atoms with Gasteiger partial charge in [0.05, 0.1) is 15.9 Å². The molecule has 0 saturated heterocycles. The van der Waals surface area contributed by atoms with Gasteiger partial charge in [-0.1, -0.05) is 36.7 Å². The lowest BCUT2D eigenvalue weighted by Crippen LogP contribution is -2.35. The summed E-state index contributed by atoms with van der Waals surface area (Å²) in [5, 5.41) is 4.01. The van der Waals surface area contributed by atoms with Crippen molar-refractivity contribution in [1.82, 2.24) is 24.4 Å². The number of H-pyrrole nitrogens is 1. The molecule has 0 amide bonds. The highest BCUT2D eigenvalue weighted by atomic mass is 32.2. The maximum absolute atomic E-state index is 12.9. The van der Waals surface area contributed by atoms with Crippen LogP contribution in [0.25, 0.3) is 22.4 Å². The summed E-state index contributed by atoms with van der Waals surface area (Å²) >= 11 is 0. The van der Waals surface area contributed by atoms with E-state index in [1.807, 2.05) is 20.8 Å². The summed E-state index contributed by atoms with van der Waals surface area (Å²) in [5.41, 5.74) is 1.19. The van der Waals surface area contributed by atoms with Crippen molar-refractivity contribution in [3.05, 3.63) is 74.6 Å². The number of aryl methyl sites for hydroxylation is 2. The highest BCUT2D eigenvalue weighted by molar-refractivity contribution is 7.89. The third-order valence-corrected chi connectivity index (χ3v) is 6.99. The summed E-state index contributed by atoms with van der Waals surface area (Å²) in [5.74, 6) is 0.167. The topological polar surface area (TPSA) is 140 Å². The number of nitrogens with one attached hydrogen (secondary N) is 2. The van der Waals surface area contributed by atoms with E-state index in [9.17, 15) is 18.0 Å². The fourth-order valence-electron chi connectivity index (χ4n) is 3.64. The number of rotatable bonds is 7. The molecule has 0 spiro atoms. The number of hydrogen-bond acceptors (Lipinski definition) is 7. The van der Waals surface area contributed by atoms with Crippen LogP contribution in [0.15, 0.2) is 61.5 Å². The summed E-state index contributed by atoms with van der Waals surface area (Å²) in [6.07, 6.45) is 0. The number of aromatic amines is 1. The van der Waals surface area contributed by atoms with Crippen LogP contribution in [0, 0.1) is 12.8 Å². The molecular formula is C23H25N5O5S. The molecule has 0 aliphatic heterocycles. The zero-order valence-electron chi connectivity index (χ0n) is 19.2. The monoisotopic (exact) mass is 483 g/mol. The van der Waals surface area contributed by atoms with Crippen LogP contribution in [-0.4, -0.2) is 28.1 Å². The molecule has 4 rings (SSSR count). The zero-order valence-corrected chi connectivity index (χ0v) is 20.0. The van der Waals surface area contributed by atoms with Crippen molar-refractivity contribution < 1.29 is 12.9 Å². The van der Waals surface area contributed by atoms with Gasteiger partial charge in [-0.15, -0.1) is 0 Å². The molecule has 178 valence electrons. The lowest BCUT2D eigenvalue weighted by atomic mass is 10.1. The van der Waals surface area contributed by atoms with E-state index in [4.69, 9.17) is 4.52 Å². The van der Waals surface area contributed by atoms with E-state index in [2.05, 4.69) is 19.8 Å². The van der Waals surface area contributed by atoms with Gasteiger partial charge < -0.3 is 14.1 Å². The molecule has 2 heterocycles. The molecule has 1 atom stereocenters. The van der Waals surface area contributed by atoms with Gasteiger partial charge in [-0.2, -0.15) is 9.71 Å². The first-order valence-corrected chi connectivity index (χ1v) is 12.3. The Balaban J connectivity index is 1.69. The van der Waals surface area contributed by atoms with Crippen LogP contribution in [0.3, 0.4) is 0 Å². The van der Waals surface area contributed by atoms with E-state index >= 15 is 0 Å². The van der Waals surface area contributed by atoms with Crippen molar-refractivity contribution in [2.24, 2.45) is 5.92 Å². The molecule has 2 aromatic carbocycles. The van der Waals surface area contributed by atoms with Crippen LogP contribution in [0.5, 0.6) is 0 Å². The van der Waals surface area contributed by atoms with Gasteiger partial charge in [0.25, 0.3) is 0 Å². The first-order valence-electron chi connectivity index (χ1n) is 10.8. The molecule has 11 heteroatoms. The van der Waals surface area contributed by atoms with Crippen LogP contribution >= 0.6 is 0 Å². The van der Waals surface area contributed by atoms with Gasteiger partial charge in [-0.05, 0) is 50.1 Å². The molecule has 2 N–H and O–H groups in total. The minimum atomic E-state index is -3.82. The Labute approximate surface area is 195 Å². The average Bonchev–Trinajstić information content (AvgIpc) is 3.28. The smallest absolute Gasteiger partial charge is 0.316 e. The van der Waals surface area contributed by atoms with Gasteiger partial charge in [0.1, 0.15) is 6.04 Å². The minimum absolute atomic E-state index is 0.118. The van der Waals surface area contributed by atoms with Crippen LogP contribution in [0.4, 0.5) is 0 Å². The Bertz CT molecular complexity index is 1570. The predicted octanol–water partition coefficient (Wildman–Crippen LogP) is 2.74. The first kappa shape index (κ1) is 23.6. The standard InChI is InChI=1S/C23H25N5O5S/c1-5-28-18-11-8-15(12-17(18)24-21(29)23(28)30)20-25-22(33-26-20)19(13(2)3)27-34(31,32)16-9-6-14(4)7-10-16/h6-13,19,27H,5H2,1-4H3,(H,24,29)/t19-/m1/s1. The normalized spacial score (nSPS) is 13.0. The number of nitrogens with zero attached hydrogens (tertiary/aromatic N) is 3. The first-order chi connectivity index (χ1) is 16.1. The van der Waals surface area contributed by atoms with Crippen LogP contribution in [0.2, 0.25) is 0 Å². The summed E-state index contributed by atoms with van der Waals surface area (Å²) in [4.78, 5) is 31.2. The molecular weight excluding hydrogens is 458 g/mol. The van der Waals surface area contributed by atoms with Gasteiger partial charge in [0.2, 0.25) is 21.7 Å². The van der Waals surface area contributed by atoms with Crippen molar-refractivity contribution in [2.45, 2.75) is 45.2 Å². The highest BCUT2D eigenvalue weighted by Gasteiger charge is 2.29. The van der Waals surface area contributed by atoms with Crippen molar-refractivity contribution in [1.29, 1.82) is 0 Å². The third kappa shape index (κ3) is 4.44. The van der Waals surface area contributed by atoms with Crippen LogP contribution in [-0.2, 0) is 16.6 Å². The minimum Gasteiger partial charge on any atom is -0.337 e. The average molecular weight is 484 g/mol. The van der Waals surface area contributed by atoms with E-state index in [1.165, 1.54) is 4.57 Å². The molecule has 4 aromatic rings. The molecule has 0 unspecified atom stereocenters. The maximum atomic E-state index is 12.9. The fourth-order valence-corrected chi connectivity index (χ4v) is 4.97. The van der Waals surface area contributed by atoms with Crippen molar-refractivity contribution in [2.75, 3.05) is 0 Å². The maximum Gasteiger partial charge on any atom is 0.316 e. The summed E-state index contributed by atoms with van der Waals surface area (Å²) < 4.78 is 35.3. The quantitative estimate of drug-likeness (QED) is 0.385. The molecule has 0 radical (unpaired) electrons. The third-order valence-electron chi connectivity index (χ3n) is 5.54. The number of fused-ring (bicyclic) bond motifs is 1. The summed E-state index contributed by atoms with van der Waals surface area (Å²) in [6, 6.07) is 10.8. The van der Waals surface area contributed by atoms with Gasteiger partial charge in [0, 0.05) is 12.1 Å². The molecule has 0 saturated carbocycles. The fraction of sp³-hybridized carbons (Fsp3) is 0.304. The number of benzene rings is 2. The van der Waals surface area contributed by atoms with Gasteiger partial charge in [-0.3, -0.25) is 9.59 Å². The molecule has 34 heavy (non-hydrogen) atoms. The highest BCUT2D eigenvalue weighted by Crippen LogP contribution is 2.26. The van der Waals surface area contributed by atoms with Crippen molar-refractivity contribution >= 4 is 21.1 Å². The Morgan fingerprint density at radius 2 is 1.82 bits per heavy atom. The lowest BCUT2D eigenvalue weighted by molar-refractivity contribution is 0.311. The Morgan fingerprint density at radius 3 is 2.47 bits per heavy atom. The van der Waals surface area contributed by atoms with Gasteiger partial charge in [-0.25, -0.2) is 8.42 Å². The van der Waals surface area contributed by atoms with E-state index in [1.54, 1.807) is 49.4 Å². The Morgan fingerprint density at radius 1 is 1.12 bits per heavy atom. The summed E-state index contributed by atoms with van der Waals surface area (Å²) in [7, 11) is -3.82. The second-order valence-electron chi connectivity index (χ2n) is 8.35. The molecule has 0 aliphatic carbocycles. The van der Waals surface area contributed by atoms with Crippen molar-refractivity contribution in [3.63, 3.8) is 0 Å². The molecule has 10 nitrogen and oxygen atoms in total. The van der Waals surface area contributed by atoms with E-state index in [0.717, 1.165) is 5.56 Å². The molecule has 0 aliphatic rings. The Hall–Kier alpha value is -3.57. The zero-order chi connectivity index (χ0) is 24.6. The Kier molecular flexibility index (Phi) is 6.24. The summed E-state index contributed by atoms with van der Waals surface area (Å²) in [6.45, 7) is 7.70. The van der Waals surface area contributed by atoms with Gasteiger partial charge in [0.15, 0.2) is 0 Å². The van der Waals surface area contributed by atoms with Crippen molar-refractivity contribution in [3.8, 4) is 11.4 Å². The van der Waals surface area contributed by atoms with E-state index in [-0.39, 0.29) is 22.5 Å². The predicted molar refractivity (Wildman–Crippen MR) is 127 cm³/mol. The van der Waals surface area contributed by atoms with E-state index < -0.39 is 27.2 Å². The molecule has 0 fully saturated rings. The second-order valence-corrected chi connectivity index (χ2v) is 10.1.